The number of ether oxygens (including phenoxy) is 2. The molecule has 4 saturated carbocycles. The molecule has 0 aromatic carbocycles. The summed E-state index contributed by atoms with van der Waals surface area (Å²) < 4.78 is 11.6. The van der Waals surface area contributed by atoms with Gasteiger partial charge in [-0.05, 0) is 43.6 Å². The van der Waals surface area contributed by atoms with Crippen LogP contribution in [0.5, 0.6) is 0 Å². The maximum atomic E-state index is 12.9. The predicted octanol–water partition coefficient (Wildman–Crippen LogP) is 0.238. The number of carboxylic acids is 1. The van der Waals surface area contributed by atoms with Gasteiger partial charge in [0.2, 0.25) is 0 Å². The van der Waals surface area contributed by atoms with Crippen molar-refractivity contribution in [1.29, 1.82) is 0 Å². The van der Waals surface area contributed by atoms with Crippen LogP contribution in [0.1, 0.15) is 32.6 Å². The van der Waals surface area contributed by atoms with Gasteiger partial charge in [0, 0.05) is 11.8 Å². The number of aliphatic hydroxyl groups excluding tert-OH is 1. The van der Waals surface area contributed by atoms with Crippen LogP contribution in [-0.2, 0) is 19.1 Å². The summed E-state index contributed by atoms with van der Waals surface area (Å²) in [5, 5.41) is 32.3. The van der Waals surface area contributed by atoms with Gasteiger partial charge in [0.1, 0.15) is 29.3 Å². The van der Waals surface area contributed by atoms with Crippen LogP contribution in [0.25, 0.3) is 0 Å². The predicted molar refractivity (Wildman–Crippen MR) is 84.7 cm³/mol. The molecule has 2 saturated heterocycles. The summed E-state index contributed by atoms with van der Waals surface area (Å²) in [6, 6.07) is 0. The number of esters is 1. The highest BCUT2D eigenvalue weighted by Crippen LogP contribution is 2.80. The SMILES string of the molecule is C=C1C[C@]23C[C@@]1(O)CC[C@H]2[C@@]12OC(=O)[C@](C)([C@H]1[C@@H]3C(=O)O)[C@H]1O[C@H]1[C@H]2O. The first-order valence-electron chi connectivity index (χ1n) is 9.33. The van der Waals surface area contributed by atoms with E-state index in [1.807, 2.05) is 0 Å². The number of hydrogen-bond donors (Lipinski definition) is 3. The highest BCUT2D eigenvalue weighted by Gasteiger charge is 2.90. The zero-order valence-electron chi connectivity index (χ0n) is 14.5. The molecular formula is C19H22O7. The normalized spacial score (nSPS) is 63.8. The van der Waals surface area contributed by atoms with Gasteiger partial charge >= 0.3 is 11.9 Å². The van der Waals surface area contributed by atoms with Gasteiger partial charge < -0.3 is 24.8 Å². The number of hydrogen-bond acceptors (Lipinski definition) is 6. The zero-order chi connectivity index (χ0) is 18.4. The molecule has 3 N–H and O–H groups in total. The van der Waals surface area contributed by atoms with Crippen LogP contribution in [0.3, 0.4) is 0 Å². The fourth-order valence-corrected chi connectivity index (χ4v) is 7.98. The van der Waals surface area contributed by atoms with Gasteiger partial charge in [-0.2, -0.15) is 0 Å². The molecule has 2 heterocycles. The highest BCUT2D eigenvalue weighted by molar-refractivity contribution is 5.86. The molecule has 4 bridgehead atoms. The maximum absolute atomic E-state index is 12.9. The maximum Gasteiger partial charge on any atom is 0.315 e. The first kappa shape index (κ1) is 15.6. The number of fused-ring (bicyclic) bond motifs is 3. The molecule has 6 rings (SSSR count). The lowest BCUT2D eigenvalue weighted by molar-refractivity contribution is -0.180. The molecule has 0 amide bonds. The minimum absolute atomic E-state index is 0.313. The quantitative estimate of drug-likeness (QED) is 0.347. The van der Waals surface area contributed by atoms with Crippen molar-refractivity contribution in [2.24, 2.45) is 28.6 Å². The lowest BCUT2D eigenvalue weighted by Gasteiger charge is -2.46. The minimum Gasteiger partial charge on any atom is -0.481 e. The van der Waals surface area contributed by atoms with E-state index in [-0.39, 0.29) is 5.92 Å². The number of aliphatic hydroxyl groups is 2. The van der Waals surface area contributed by atoms with Crippen LogP contribution in [0, 0.1) is 28.6 Å². The molecule has 7 nitrogen and oxygen atoms in total. The molecule has 2 aliphatic heterocycles. The van der Waals surface area contributed by atoms with E-state index in [9.17, 15) is 24.9 Å². The molecule has 6 fully saturated rings. The Morgan fingerprint density at radius 1 is 1.38 bits per heavy atom. The Labute approximate surface area is 150 Å². The molecule has 7 heteroatoms. The summed E-state index contributed by atoms with van der Waals surface area (Å²) in [4.78, 5) is 25.4. The monoisotopic (exact) mass is 362 g/mol. The van der Waals surface area contributed by atoms with Crippen molar-refractivity contribution in [2.75, 3.05) is 0 Å². The standard InChI is InChI=1S/C19H22O7/c1-7-5-17-6-18(7,24)4-3-8(17)19-11(9(17)14(21)22)16(2,15(23)26-19)13-10(25-13)12(19)20/h8-13,20,24H,1,3-6H2,2H3,(H,21,22)/t8-,9-,10+,11-,12-,13+,16-,17+,18+,19-/m1/s1. The van der Waals surface area contributed by atoms with E-state index in [4.69, 9.17) is 9.47 Å². The number of carboxylic acid groups (broad SMARTS) is 1. The third-order valence-corrected chi connectivity index (χ3v) is 8.86. The Balaban J connectivity index is 1.63. The van der Waals surface area contributed by atoms with Gasteiger partial charge in [-0.1, -0.05) is 6.58 Å². The van der Waals surface area contributed by atoms with E-state index in [0.29, 0.717) is 31.3 Å². The third-order valence-electron chi connectivity index (χ3n) is 8.86. The smallest absolute Gasteiger partial charge is 0.315 e. The number of aliphatic carboxylic acids is 1. The second kappa shape index (κ2) is 3.88. The molecule has 4 aliphatic carbocycles. The summed E-state index contributed by atoms with van der Waals surface area (Å²) in [6.45, 7) is 5.77. The molecule has 26 heavy (non-hydrogen) atoms. The largest absolute Gasteiger partial charge is 0.481 e. The van der Waals surface area contributed by atoms with Crippen molar-refractivity contribution in [3.05, 3.63) is 12.2 Å². The summed E-state index contributed by atoms with van der Waals surface area (Å²) in [7, 11) is 0. The highest BCUT2D eigenvalue weighted by atomic mass is 16.6. The van der Waals surface area contributed by atoms with Gasteiger partial charge in [0.05, 0.1) is 11.5 Å². The molecule has 0 unspecified atom stereocenters. The molecule has 1 spiro atoms. The van der Waals surface area contributed by atoms with E-state index in [0.717, 1.165) is 0 Å². The zero-order valence-corrected chi connectivity index (χ0v) is 14.5. The van der Waals surface area contributed by atoms with Crippen LogP contribution in [-0.4, -0.2) is 56.8 Å². The second-order valence-corrected chi connectivity index (χ2v) is 9.60. The summed E-state index contributed by atoms with van der Waals surface area (Å²) >= 11 is 0. The van der Waals surface area contributed by atoms with E-state index < -0.39 is 64.1 Å². The van der Waals surface area contributed by atoms with E-state index in [1.54, 1.807) is 6.92 Å². The fraction of sp³-hybridized carbons (Fsp3) is 0.789. The van der Waals surface area contributed by atoms with Crippen molar-refractivity contribution in [2.45, 2.75) is 62.1 Å². The van der Waals surface area contributed by atoms with Gasteiger partial charge in [0.25, 0.3) is 0 Å². The van der Waals surface area contributed by atoms with Crippen molar-refractivity contribution < 1.29 is 34.4 Å². The second-order valence-electron chi connectivity index (χ2n) is 9.60. The molecule has 0 aromatic rings. The topological polar surface area (TPSA) is 117 Å². The van der Waals surface area contributed by atoms with Crippen LogP contribution in [0.4, 0.5) is 0 Å². The van der Waals surface area contributed by atoms with Crippen molar-refractivity contribution >= 4 is 11.9 Å². The minimum atomic E-state index is -1.24. The Bertz CT molecular complexity index is 808. The van der Waals surface area contributed by atoms with Crippen LogP contribution in [0.15, 0.2) is 12.2 Å². The van der Waals surface area contributed by atoms with Crippen LogP contribution < -0.4 is 0 Å². The molecule has 0 aromatic heterocycles. The number of rotatable bonds is 1. The first-order valence-corrected chi connectivity index (χ1v) is 9.33. The summed E-state index contributed by atoms with van der Waals surface area (Å²) in [5.41, 5.74) is -3.42. The van der Waals surface area contributed by atoms with E-state index in [2.05, 4.69) is 6.58 Å². The molecular weight excluding hydrogens is 340 g/mol. The molecule has 0 radical (unpaired) electrons. The van der Waals surface area contributed by atoms with Gasteiger partial charge in [-0.25, -0.2) is 0 Å². The van der Waals surface area contributed by atoms with Gasteiger partial charge in [0.15, 0.2) is 0 Å². The van der Waals surface area contributed by atoms with Crippen molar-refractivity contribution in [3.63, 3.8) is 0 Å². The summed E-state index contributed by atoms with van der Waals surface area (Å²) in [5.74, 6) is -3.29. The molecule has 10 atom stereocenters. The Hall–Kier alpha value is -1.44. The number of carbonyl (C=O) groups excluding carboxylic acids is 1. The lowest BCUT2D eigenvalue weighted by Crippen LogP contribution is -2.59. The van der Waals surface area contributed by atoms with Crippen molar-refractivity contribution in [3.8, 4) is 0 Å². The number of carbonyl (C=O) groups is 2. The molecule has 6 aliphatic rings. The van der Waals surface area contributed by atoms with E-state index in [1.165, 1.54) is 0 Å². The third kappa shape index (κ3) is 1.22. The summed E-state index contributed by atoms with van der Waals surface area (Å²) in [6.07, 6.45) is -0.314. The average molecular weight is 362 g/mol. The lowest BCUT2D eigenvalue weighted by atomic mass is 9.59. The Kier molecular flexibility index (Phi) is 2.33. The number of epoxide rings is 1. The first-order chi connectivity index (χ1) is 12.1. The fourth-order valence-electron chi connectivity index (χ4n) is 7.98. The van der Waals surface area contributed by atoms with Crippen LogP contribution >= 0.6 is 0 Å². The Morgan fingerprint density at radius 3 is 2.81 bits per heavy atom. The van der Waals surface area contributed by atoms with E-state index >= 15 is 0 Å². The van der Waals surface area contributed by atoms with Gasteiger partial charge in [-0.15, -0.1) is 0 Å². The average Bonchev–Trinajstić information content (AvgIpc) is 3.24. The molecule has 140 valence electrons. The van der Waals surface area contributed by atoms with Crippen LogP contribution in [0.2, 0.25) is 0 Å². The Morgan fingerprint density at radius 2 is 2.12 bits per heavy atom. The van der Waals surface area contributed by atoms with Gasteiger partial charge in [-0.3, -0.25) is 9.59 Å². The van der Waals surface area contributed by atoms with Crippen molar-refractivity contribution in [1.82, 2.24) is 0 Å².